The minimum Gasteiger partial charge on any atom is -0.395 e. The van der Waals surface area contributed by atoms with E-state index in [2.05, 4.69) is 20.6 Å². The van der Waals surface area contributed by atoms with Crippen LogP contribution in [-0.4, -0.2) is 33.3 Å². The highest BCUT2D eigenvalue weighted by molar-refractivity contribution is 7.80. The van der Waals surface area contributed by atoms with Gasteiger partial charge in [-0.15, -0.1) is 0 Å². The smallest absolute Gasteiger partial charge is 0.166 e. The Morgan fingerprint density at radius 2 is 2.00 bits per heavy atom. The third-order valence-electron chi connectivity index (χ3n) is 2.98. The van der Waals surface area contributed by atoms with Crippen molar-refractivity contribution in [1.82, 2.24) is 20.6 Å². The molecule has 1 unspecified atom stereocenters. The molecule has 0 spiro atoms. The van der Waals surface area contributed by atoms with Gasteiger partial charge in [-0.2, -0.15) is 0 Å². The van der Waals surface area contributed by atoms with Gasteiger partial charge in [0.25, 0.3) is 0 Å². The molecular weight excluding hydrogens is 284 g/mol. The average Bonchev–Trinajstić information content (AvgIpc) is 2.54. The highest BCUT2D eigenvalue weighted by Crippen LogP contribution is 2.17. The molecule has 2 aromatic rings. The first-order valence-electron chi connectivity index (χ1n) is 6.73. The number of aliphatic hydroxyl groups excluding tert-OH is 1. The first-order valence-corrected chi connectivity index (χ1v) is 7.14. The lowest BCUT2D eigenvalue weighted by atomic mass is 10.0. The van der Waals surface area contributed by atoms with Crippen LogP contribution < -0.4 is 10.6 Å². The van der Waals surface area contributed by atoms with Gasteiger partial charge in [0.15, 0.2) is 5.11 Å². The van der Waals surface area contributed by atoms with Crippen LogP contribution in [0.25, 0.3) is 0 Å². The molecule has 1 atom stereocenters. The van der Waals surface area contributed by atoms with Crippen molar-refractivity contribution >= 4 is 17.3 Å². The average molecular weight is 302 g/mol. The summed E-state index contributed by atoms with van der Waals surface area (Å²) in [5.41, 5.74) is 2.22. The van der Waals surface area contributed by atoms with Crippen LogP contribution in [-0.2, 0) is 6.42 Å². The second-order valence-electron chi connectivity index (χ2n) is 4.52. The zero-order valence-electron chi connectivity index (χ0n) is 11.6. The van der Waals surface area contributed by atoms with E-state index >= 15 is 0 Å². The van der Waals surface area contributed by atoms with Crippen LogP contribution >= 0.6 is 12.2 Å². The predicted molar refractivity (Wildman–Crippen MR) is 85.7 cm³/mol. The van der Waals surface area contributed by atoms with Crippen molar-refractivity contribution in [3.8, 4) is 0 Å². The maximum atomic E-state index is 8.83. The van der Waals surface area contributed by atoms with Crippen molar-refractivity contribution in [3.05, 3.63) is 60.2 Å². The van der Waals surface area contributed by atoms with Crippen molar-refractivity contribution in [1.29, 1.82) is 0 Å². The van der Waals surface area contributed by atoms with Gasteiger partial charge in [0.2, 0.25) is 0 Å². The fraction of sp³-hybridized carbons (Fsp3) is 0.267. The van der Waals surface area contributed by atoms with E-state index < -0.39 is 0 Å². The molecule has 0 aliphatic carbocycles. The monoisotopic (exact) mass is 302 g/mol. The molecule has 2 rings (SSSR count). The van der Waals surface area contributed by atoms with Crippen molar-refractivity contribution in [3.63, 3.8) is 0 Å². The number of nitrogens with zero attached hydrogens (tertiary/aromatic N) is 2. The van der Waals surface area contributed by atoms with Gasteiger partial charge in [0, 0.05) is 31.3 Å². The first kappa shape index (κ1) is 15.3. The summed E-state index contributed by atoms with van der Waals surface area (Å²) in [6.07, 6.45) is 7.90. The topological polar surface area (TPSA) is 70.1 Å². The SMILES string of the molecule is OCCNC(=S)NC(Cc1ccncc1)c1cccnc1. The summed E-state index contributed by atoms with van der Waals surface area (Å²) in [6.45, 7) is 0.477. The summed E-state index contributed by atoms with van der Waals surface area (Å²) in [5.74, 6) is 0. The molecule has 5 nitrogen and oxygen atoms in total. The summed E-state index contributed by atoms with van der Waals surface area (Å²) < 4.78 is 0. The van der Waals surface area contributed by atoms with Crippen molar-refractivity contribution in [2.75, 3.05) is 13.2 Å². The molecule has 6 heteroatoms. The Labute approximate surface area is 129 Å². The Kier molecular flexibility index (Phi) is 6.05. The van der Waals surface area contributed by atoms with E-state index in [0.29, 0.717) is 11.7 Å². The van der Waals surface area contributed by atoms with E-state index in [4.69, 9.17) is 17.3 Å². The number of rotatable bonds is 6. The van der Waals surface area contributed by atoms with E-state index in [0.717, 1.165) is 17.5 Å². The minimum absolute atomic E-state index is 0.0137. The number of thiocarbonyl (C=S) groups is 1. The maximum absolute atomic E-state index is 8.83. The van der Waals surface area contributed by atoms with Crippen molar-refractivity contribution < 1.29 is 5.11 Å². The fourth-order valence-corrected chi connectivity index (χ4v) is 2.21. The number of aliphatic hydroxyl groups is 1. The molecule has 21 heavy (non-hydrogen) atoms. The number of aromatic nitrogens is 2. The van der Waals surface area contributed by atoms with Crippen LogP contribution in [0.5, 0.6) is 0 Å². The summed E-state index contributed by atoms with van der Waals surface area (Å²) in [7, 11) is 0. The largest absolute Gasteiger partial charge is 0.395 e. The third kappa shape index (κ3) is 5.09. The zero-order chi connectivity index (χ0) is 14.9. The van der Waals surface area contributed by atoms with Crippen LogP contribution in [0.2, 0.25) is 0 Å². The van der Waals surface area contributed by atoms with Crippen LogP contribution in [0.4, 0.5) is 0 Å². The molecule has 0 aliphatic heterocycles. The Bertz CT molecular complexity index is 550. The third-order valence-corrected chi connectivity index (χ3v) is 3.24. The van der Waals surface area contributed by atoms with Gasteiger partial charge < -0.3 is 15.7 Å². The summed E-state index contributed by atoms with van der Waals surface area (Å²) in [5, 5.41) is 15.6. The Morgan fingerprint density at radius 1 is 1.19 bits per heavy atom. The van der Waals surface area contributed by atoms with Crippen LogP contribution in [0, 0.1) is 0 Å². The maximum Gasteiger partial charge on any atom is 0.166 e. The molecule has 0 saturated carbocycles. The molecule has 0 saturated heterocycles. The molecule has 3 N–H and O–H groups in total. The van der Waals surface area contributed by atoms with Crippen LogP contribution in [0.3, 0.4) is 0 Å². The Balaban J connectivity index is 2.09. The molecule has 0 bridgehead atoms. The summed E-state index contributed by atoms with van der Waals surface area (Å²) in [6, 6.07) is 7.89. The molecule has 0 aromatic carbocycles. The van der Waals surface area contributed by atoms with Crippen molar-refractivity contribution in [2.45, 2.75) is 12.5 Å². The van der Waals surface area contributed by atoms with E-state index in [1.165, 1.54) is 0 Å². The lowest BCUT2D eigenvalue weighted by Crippen LogP contribution is -2.39. The fourth-order valence-electron chi connectivity index (χ4n) is 1.97. The van der Waals surface area contributed by atoms with Gasteiger partial charge in [-0.05, 0) is 48.0 Å². The van der Waals surface area contributed by atoms with Gasteiger partial charge >= 0.3 is 0 Å². The molecule has 2 heterocycles. The number of hydrogen-bond acceptors (Lipinski definition) is 4. The molecule has 0 radical (unpaired) electrons. The highest BCUT2D eigenvalue weighted by atomic mass is 32.1. The molecular formula is C15H18N4OS. The zero-order valence-corrected chi connectivity index (χ0v) is 12.4. The standard InChI is InChI=1S/C15H18N4OS/c20-9-8-18-15(21)19-14(13-2-1-5-17-11-13)10-12-3-6-16-7-4-12/h1-7,11,14,20H,8-10H2,(H2,18,19,21). The highest BCUT2D eigenvalue weighted by Gasteiger charge is 2.13. The van der Waals surface area contributed by atoms with Gasteiger partial charge in [-0.1, -0.05) is 6.07 Å². The normalized spacial score (nSPS) is 11.7. The second-order valence-corrected chi connectivity index (χ2v) is 4.93. The van der Waals surface area contributed by atoms with E-state index in [-0.39, 0.29) is 12.6 Å². The van der Waals surface area contributed by atoms with Gasteiger partial charge in [-0.3, -0.25) is 9.97 Å². The van der Waals surface area contributed by atoms with Crippen LogP contribution in [0.15, 0.2) is 49.1 Å². The van der Waals surface area contributed by atoms with E-state index in [9.17, 15) is 0 Å². The minimum atomic E-state index is 0.0137. The number of pyridine rings is 2. The summed E-state index contributed by atoms with van der Waals surface area (Å²) in [4.78, 5) is 8.19. The number of nitrogens with one attached hydrogen (secondary N) is 2. The molecule has 110 valence electrons. The molecule has 0 fully saturated rings. The Hall–Kier alpha value is -2.05. The predicted octanol–water partition coefficient (Wildman–Crippen LogP) is 1.22. The molecule has 0 amide bonds. The van der Waals surface area contributed by atoms with Gasteiger partial charge in [-0.25, -0.2) is 0 Å². The van der Waals surface area contributed by atoms with Gasteiger partial charge in [0.05, 0.1) is 12.6 Å². The van der Waals surface area contributed by atoms with Crippen molar-refractivity contribution in [2.24, 2.45) is 0 Å². The lowest BCUT2D eigenvalue weighted by Gasteiger charge is -2.21. The summed E-state index contributed by atoms with van der Waals surface area (Å²) >= 11 is 5.25. The molecule has 0 aliphatic rings. The molecule has 2 aromatic heterocycles. The quantitative estimate of drug-likeness (QED) is 0.697. The Morgan fingerprint density at radius 3 is 2.67 bits per heavy atom. The second kappa shape index (κ2) is 8.28. The van der Waals surface area contributed by atoms with Gasteiger partial charge in [0.1, 0.15) is 0 Å². The van der Waals surface area contributed by atoms with E-state index in [1.807, 2.05) is 30.5 Å². The first-order chi connectivity index (χ1) is 10.3. The lowest BCUT2D eigenvalue weighted by molar-refractivity contribution is 0.300. The van der Waals surface area contributed by atoms with Crippen LogP contribution in [0.1, 0.15) is 17.2 Å². The van der Waals surface area contributed by atoms with E-state index in [1.54, 1.807) is 18.6 Å². The number of hydrogen-bond donors (Lipinski definition) is 3.